The van der Waals surface area contributed by atoms with Crippen molar-refractivity contribution in [1.82, 2.24) is 15.1 Å². The number of carbonyl (C=O) groups is 1. The number of nitrogens with zero attached hydrogens (tertiary/aromatic N) is 3. The van der Waals surface area contributed by atoms with Crippen LogP contribution in [-0.2, 0) is 5.41 Å². The topological polar surface area (TPSA) is 78.4 Å². The van der Waals surface area contributed by atoms with E-state index in [9.17, 15) is 9.90 Å². The van der Waals surface area contributed by atoms with Crippen LogP contribution in [0, 0.1) is 5.92 Å². The van der Waals surface area contributed by atoms with E-state index >= 15 is 0 Å². The summed E-state index contributed by atoms with van der Waals surface area (Å²) in [5, 5.41) is 22.8. The van der Waals surface area contributed by atoms with Crippen molar-refractivity contribution in [3.8, 4) is 0 Å². The fourth-order valence-electron chi connectivity index (χ4n) is 4.12. The first-order chi connectivity index (χ1) is 13.3. The van der Waals surface area contributed by atoms with Gasteiger partial charge in [-0.25, -0.2) is 4.79 Å². The van der Waals surface area contributed by atoms with Gasteiger partial charge in [-0.2, -0.15) is 0 Å². The van der Waals surface area contributed by atoms with Gasteiger partial charge in [0.25, 0.3) is 0 Å². The average molecular weight is 403 g/mol. The summed E-state index contributed by atoms with van der Waals surface area (Å²) in [6.07, 6.45) is 2.53. The highest BCUT2D eigenvalue weighted by Crippen LogP contribution is 2.37. The first-order valence-electron chi connectivity index (χ1n) is 9.87. The lowest BCUT2D eigenvalue weighted by molar-refractivity contribution is 0.0728. The van der Waals surface area contributed by atoms with Crippen molar-refractivity contribution in [2.75, 3.05) is 18.5 Å². The number of amides is 2. The van der Waals surface area contributed by atoms with Gasteiger partial charge in [0.2, 0.25) is 5.13 Å². The molecule has 2 aromatic rings. The van der Waals surface area contributed by atoms with E-state index in [0.717, 1.165) is 29.8 Å². The molecule has 1 aromatic carbocycles. The molecule has 28 heavy (non-hydrogen) atoms. The maximum atomic E-state index is 12.9. The Labute approximate surface area is 171 Å². The number of benzene rings is 1. The molecule has 152 valence electrons. The van der Waals surface area contributed by atoms with Crippen LogP contribution in [0.3, 0.4) is 0 Å². The van der Waals surface area contributed by atoms with Crippen LogP contribution in [0.15, 0.2) is 30.3 Å². The Morgan fingerprint density at radius 1 is 1.32 bits per heavy atom. The van der Waals surface area contributed by atoms with Gasteiger partial charge in [-0.1, -0.05) is 55.5 Å². The lowest BCUT2D eigenvalue weighted by atomic mass is 9.85. The number of hydrogen-bond acceptors (Lipinski definition) is 5. The number of carbonyl (C=O) groups excluding carboxylic acids is 1. The quantitative estimate of drug-likeness (QED) is 0.756. The number of rotatable bonds is 6. The SMILES string of the molecule is CC(C)CC1(CO)CCCN1C(=O)Nc1nnc(C(C)(C)c2ccccc2)s1. The molecule has 0 radical (unpaired) electrons. The van der Waals surface area contributed by atoms with Crippen LogP contribution >= 0.6 is 11.3 Å². The van der Waals surface area contributed by atoms with E-state index in [1.54, 1.807) is 4.90 Å². The van der Waals surface area contributed by atoms with Crippen LogP contribution in [0.25, 0.3) is 0 Å². The molecule has 0 spiro atoms. The van der Waals surface area contributed by atoms with Gasteiger partial charge in [-0.05, 0) is 44.6 Å². The molecule has 0 bridgehead atoms. The second-order valence-electron chi connectivity index (χ2n) is 8.57. The van der Waals surface area contributed by atoms with Gasteiger partial charge in [-0.3, -0.25) is 5.32 Å². The Kier molecular flexibility index (Phi) is 6.05. The Morgan fingerprint density at radius 3 is 2.68 bits per heavy atom. The standard InChI is InChI=1S/C21H30N4O2S/c1-15(2)13-21(14-26)11-8-12-25(21)19(27)22-18-24-23-17(28-18)20(3,4)16-9-6-5-7-10-16/h5-7,9-10,15,26H,8,11-14H2,1-4H3,(H,22,24,27). The zero-order valence-electron chi connectivity index (χ0n) is 17.1. The van der Waals surface area contributed by atoms with E-state index in [-0.39, 0.29) is 18.1 Å². The maximum Gasteiger partial charge on any atom is 0.324 e. The Bertz CT molecular complexity index is 806. The fourth-order valence-corrected chi connectivity index (χ4v) is 4.98. The molecule has 1 atom stereocenters. The van der Waals surface area contributed by atoms with Crippen molar-refractivity contribution in [3.63, 3.8) is 0 Å². The lowest BCUT2D eigenvalue weighted by Crippen LogP contribution is -2.52. The predicted molar refractivity (Wildman–Crippen MR) is 113 cm³/mol. The monoisotopic (exact) mass is 402 g/mol. The molecule has 2 heterocycles. The molecule has 0 saturated carbocycles. The third-order valence-corrected chi connectivity index (χ3v) is 6.76. The molecule has 1 aliphatic rings. The van der Waals surface area contributed by atoms with Crippen LogP contribution in [0.1, 0.15) is 57.5 Å². The van der Waals surface area contributed by atoms with Crippen LogP contribution in [-0.4, -0.2) is 44.9 Å². The zero-order chi connectivity index (χ0) is 20.4. The normalized spacial score (nSPS) is 20.0. The molecular formula is C21H30N4O2S. The zero-order valence-corrected chi connectivity index (χ0v) is 17.9. The van der Waals surface area contributed by atoms with Crippen LogP contribution < -0.4 is 5.32 Å². The van der Waals surface area contributed by atoms with Gasteiger partial charge in [-0.15, -0.1) is 10.2 Å². The van der Waals surface area contributed by atoms with Crippen molar-refractivity contribution < 1.29 is 9.90 Å². The highest BCUT2D eigenvalue weighted by molar-refractivity contribution is 7.15. The summed E-state index contributed by atoms with van der Waals surface area (Å²) in [6, 6.07) is 9.96. The minimum atomic E-state index is -0.477. The van der Waals surface area contributed by atoms with Crippen molar-refractivity contribution in [2.24, 2.45) is 5.92 Å². The van der Waals surface area contributed by atoms with E-state index in [0.29, 0.717) is 17.6 Å². The second kappa shape index (κ2) is 8.17. The predicted octanol–water partition coefficient (Wildman–Crippen LogP) is 4.27. The Hall–Kier alpha value is -1.99. The van der Waals surface area contributed by atoms with Crippen LogP contribution in [0.2, 0.25) is 0 Å². The Morgan fingerprint density at radius 2 is 2.04 bits per heavy atom. The van der Waals surface area contributed by atoms with Crippen LogP contribution in [0.4, 0.5) is 9.93 Å². The molecule has 0 aliphatic carbocycles. The largest absolute Gasteiger partial charge is 0.394 e. The number of aliphatic hydroxyl groups is 1. The minimum Gasteiger partial charge on any atom is -0.394 e. The lowest BCUT2D eigenvalue weighted by Gasteiger charge is -2.38. The van der Waals surface area contributed by atoms with Gasteiger partial charge >= 0.3 is 6.03 Å². The summed E-state index contributed by atoms with van der Waals surface area (Å²) in [7, 11) is 0. The van der Waals surface area contributed by atoms with Gasteiger partial charge in [0.1, 0.15) is 5.01 Å². The molecule has 7 heteroatoms. The van der Waals surface area contributed by atoms with Crippen molar-refractivity contribution >= 4 is 22.5 Å². The van der Waals surface area contributed by atoms with Crippen LogP contribution in [0.5, 0.6) is 0 Å². The fraction of sp³-hybridized carbons (Fsp3) is 0.571. The van der Waals surface area contributed by atoms with Crippen molar-refractivity contribution in [1.29, 1.82) is 0 Å². The number of anilines is 1. The second-order valence-corrected chi connectivity index (χ2v) is 9.55. The van der Waals surface area contributed by atoms with E-state index in [1.807, 2.05) is 18.2 Å². The molecular weight excluding hydrogens is 372 g/mol. The molecule has 1 saturated heterocycles. The summed E-state index contributed by atoms with van der Waals surface area (Å²) >= 11 is 1.40. The molecule has 3 rings (SSSR count). The maximum absolute atomic E-state index is 12.9. The Balaban J connectivity index is 1.75. The minimum absolute atomic E-state index is 0.0129. The number of nitrogens with one attached hydrogen (secondary N) is 1. The number of urea groups is 1. The number of likely N-dealkylation sites (tertiary alicyclic amines) is 1. The number of hydrogen-bond donors (Lipinski definition) is 2. The molecule has 2 N–H and O–H groups in total. The van der Waals surface area contributed by atoms with Crippen molar-refractivity contribution in [2.45, 2.75) is 57.9 Å². The highest BCUT2D eigenvalue weighted by atomic mass is 32.1. The summed E-state index contributed by atoms with van der Waals surface area (Å²) in [6.45, 7) is 9.09. The van der Waals surface area contributed by atoms with Gasteiger partial charge in [0.15, 0.2) is 0 Å². The molecule has 1 fully saturated rings. The third kappa shape index (κ3) is 4.05. The molecule has 6 nitrogen and oxygen atoms in total. The summed E-state index contributed by atoms with van der Waals surface area (Å²) < 4.78 is 0. The first kappa shape index (κ1) is 20.7. The van der Waals surface area contributed by atoms with Gasteiger partial charge in [0.05, 0.1) is 12.1 Å². The van der Waals surface area contributed by atoms with E-state index in [1.165, 1.54) is 11.3 Å². The molecule has 1 unspecified atom stereocenters. The molecule has 2 amide bonds. The molecule has 1 aromatic heterocycles. The number of aliphatic hydroxyl groups excluding tert-OH is 1. The van der Waals surface area contributed by atoms with Crippen molar-refractivity contribution in [3.05, 3.63) is 40.9 Å². The average Bonchev–Trinajstić information content (AvgIpc) is 3.30. The highest BCUT2D eigenvalue weighted by Gasteiger charge is 2.43. The first-order valence-corrected chi connectivity index (χ1v) is 10.7. The van der Waals surface area contributed by atoms with E-state index < -0.39 is 5.54 Å². The number of aromatic nitrogens is 2. The smallest absolute Gasteiger partial charge is 0.324 e. The summed E-state index contributed by atoms with van der Waals surface area (Å²) in [5.74, 6) is 0.403. The molecule has 1 aliphatic heterocycles. The van der Waals surface area contributed by atoms with E-state index in [2.05, 4.69) is 55.3 Å². The summed E-state index contributed by atoms with van der Waals surface area (Å²) in [5.41, 5.74) is 0.386. The van der Waals surface area contributed by atoms with Gasteiger partial charge < -0.3 is 10.0 Å². The third-order valence-electron chi connectivity index (χ3n) is 5.59. The van der Waals surface area contributed by atoms with E-state index in [4.69, 9.17) is 0 Å². The summed E-state index contributed by atoms with van der Waals surface area (Å²) in [4.78, 5) is 14.7. The van der Waals surface area contributed by atoms with Gasteiger partial charge in [0, 0.05) is 12.0 Å².